The van der Waals surface area contributed by atoms with Crippen molar-refractivity contribution >= 4 is 44.3 Å². The molecule has 0 spiro atoms. The molecule has 1 N–H and O–H groups in total. The number of phenolic OH excluding ortho intramolecular Hbond substituents is 1. The van der Waals surface area contributed by atoms with Gasteiger partial charge in [0.05, 0.1) is 0 Å². The highest BCUT2D eigenvalue weighted by atomic mass is 127. The molecule has 0 fully saturated rings. The molecule has 0 saturated carbocycles. The Labute approximate surface area is 98.6 Å². The number of ketones is 1. The van der Waals surface area contributed by atoms with Crippen molar-refractivity contribution in [3.8, 4) is 5.75 Å². The third-order valence-corrected chi connectivity index (χ3v) is 3.43. The van der Waals surface area contributed by atoms with E-state index < -0.39 is 4.83 Å². The minimum Gasteiger partial charge on any atom is -0.508 e. The summed E-state index contributed by atoms with van der Waals surface area (Å²) < 4.78 is 0.946. The summed E-state index contributed by atoms with van der Waals surface area (Å²) in [5, 5.41) is 9.52. The smallest absolute Gasteiger partial charge is 0.147 e. The monoisotopic (exact) mass is 354 g/mol. The number of carbonyl (C=O) groups is 1. The van der Waals surface area contributed by atoms with E-state index in [9.17, 15) is 9.90 Å². The molecule has 0 saturated heterocycles. The molecule has 0 aliphatic rings. The highest BCUT2D eigenvalue weighted by molar-refractivity contribution is 14.1. The van der Waals surface area contributed by atoms with Gasteiger partial charge in [-0.25, -0.2) is 0 Å². The summed E-state index contributed by atoms with van der Waals surface area (Å²) in [6.45, 7) is 1.48. The molecule has 0 aliphatic heterocycles. The number of phenols is 1. The zero-order chi connectivity index (χ0) is 10.0. The van der Waals surface area contributed by atoms with Crippen molar-refractivity contribution in [2.24, 2.45) is 0 Å². The number of carbonyl (C=O) groups excluding carboxylic acids is 1. The predicted molar refractivity (Wildman–Crippen MR) is 63.2 cm³/mol. The van der Waals surface area contributed by atoms with Crippen molar-refractivity contribution in [2.45, 2.75) is 11.8 Å². The Kier molecular flexibility index (Phi) is 3.73. The molecule has 1 unspecified atom stereocenters. The second-order valence-corrected chi connectivity index (χ2v) is 4.84. The summed E-state index contributed by atoms with van der Waals surface area (Å²) in [5.74, 6) is 0.139. The highest BCUT2D eigenvalue weighted by Gasteiger charge is 2.16. The summed E-state index contributed by atoms with van der Waals surface area (Å²) in [4.78, 5) is 10.6. The lowest BCUT2D eigenvalue weighted by molar-refractivity contribution is -0.116. The first-order valence-electron chi connectivity index (χ1n) is 3.65. The van der Waals surface area contributed by atoms with Crippen LogP contribution in [0.4, 0.5) is 0 Å². The molecule has 0 heterocycles. The number of Topliss-reactive ketones (excluding diaryl/α,β-unsaturated/α-hetero) is 1. The van der Waals surface area contributed by atoms with Gasteiger partial charge in [-0.1, -0.05) is 22.0 Å². The van der Waals surface area contributed by atoms with Crippen molar-refractivity contribution in [3.05, 3.63) is 27.3 Å². The average molecular weight is 355 g/mol. The van der Waals surface area contributed by atoms with Crippen LogP contribution in [0.1, 0.15) is 17.3 Å². The molecular weight excluding hydrogens is 347 g/mol. The summed E-state index contributed by atoms with van der Waals surface area (Å²) >= 11 is 5.32. The van der Waals surface area contributed by atoms with Gasteiger partial charge in [-0.2, -0.15) is 0 Å². The van der Waals surface area contributed by atoms with Crippen molar-refractivity contribution < 1.29 is 9.90 Å². The van der Waals surface area contributed by atoms with Crippen LogP contribution in [0.25, 0.3) is 0 Å². The lowest BCUT2D eigenvalue weighted by Crippen LogP contribution is -2.01. The maximum atomic E-state index is 11.0. The molecule has 70 valence electrons. The third-order valence-electron chi connectivity index (χ3n) is 1.62. The van der Waals surface area contributed by atoms with Gasteiger partial charge in [-0.05, 0) is 41.6 Å². The van der Waals surface area contributed by atoms with E-state index in [1.165, 1.54) is 6.92 Å². The molecule has 0 aromatic heterocycles. The SMILES string of the molecule is CC(=O)C(Br)c1ccc(I)cc1O. The van der Waals surface area contributed by atoms with Crippen molar-refractivity contribution in [1.29, 1.82) is 0 Å². The van der Waals surface area contributed by atoms with Crippen LogP contribution in [0, 0.1) is 3.57 Å². The van der Waals surface area contributed by atoms with Crippen LogP contribution in [0.5, 0.6) is 5.75 Å². The number of rotatable bonds is 2. The fourth-order valence-electron chi connectivity index (χ4n) is 0.950. The molecule has 0 radical (unpaired) electrons. The number of alkyl halides is 1. The molecular formula is C9H8BrIO2. The Hall–Kier alpha value is -0.100. The van der Waals surface area contributed by atoms with Crippen molar-refractivity contribution in [1.82, 2.24) is 0 Å². The minimum atomic E-state index is -0.413. The van der Waals surface area contributed by atoms with Gasteiger partial charge in [0.25, 0.3) is 0 Å². The van der Waals surface area contributed by atoms with Crippen LogP contribution in [0.15, 0.2) is 18.2 Å². The average Bonchev–Trinajstić information content (AvgIpc) is 2.03. The normalized spacial score (nSPS) is 12.5. The second kappa shape index (κ2) is 4.41. The molecule has 0 aliphatic carbocycles. The van der Waals surface area contributed by atoms with Crippen LogP contribution >= 0.6 is 38.5 Å². The molecule has 1 aromatic carbocycles. The number of hydrogen-bond acceptors (Lipinski definition) is 2. The van der Waals surface area contributed by atoms with E-state index in [4.69, 9.17) is 0 Å². The molecule has 0 bridgehead atoms. The van der Waals surface area contributed by atoms with Gasteiger partial charge in [0.2, 0.25) is 0 Å². The fourth-order valence-corrected chi connectivity index (χ4v) is 1.81. The Bertz CT molecular complexity index is 338. The highest BCUT2D eigenvalue weighted by Crippen LogP contribution is 2.31. The van der Waals surface area contributed by atoms with E-state index >= 15 is 0 Å². The van der Waals surface area contributed by atoms with Crippen molar-refractivity contribution in [3.63, 3.8) is 0 Å². The second-order valence-electron chi connectivity index (χ2n) is 2.68. The van der Waals surface area contributed by atoms with E-state index in [-0.39, 0.29) is 11.5 Å². The van der Waals surface area contributed by atoms with Gasteiger partial charge in [0.1, 0.15) is 16.4 Å². The van der Waals surface area contributed by atoms with E-state index in [0.717, 1.165) is 3.57 Å². The summed E-state index contributed by atoms with van der Waals surface area (Å²) in [6, 6.07) is 5.23. The lowest BCUT2D eigenvalue weighted by Gasteiger charge is -2.08. The van der Waals surface area contributed by atoms with E-state index in [2.05, 4.69) is 38.5 Å². The molecule has 2 nitrogen and oxygen atoms in total. The Morgan fingerprint density at radius 3 is 2.69 bits per heavy atom. The topological polar surface area (TPSA) is 37.3 Å². The number of hydrogen-bond donors (Lipinski definition) is 1. The zero-order valence-electron chi connectivity index (χ0n) is 6.92. The molecule has 4 heteroatoms. The van der Waals surface area contributed by atoms with Gasteiger partial charge in [-0.3, -0.25) is 4.79 Å². The quantitative estimate of drug-likeness (QED) is 0.654. The summed E-state index contributed by atoms with van der Waals surface area (Å²) in [5.41, 5.74) is 0.618. The molecule has 1 aromatic rings. The largest absolute Gasteiger partial charge is 0.508 e. The Balaban J connectivity index is 3.08. The van der Waals surface area contributed by atoms with E-state index in [1.807, 2.05) is 6.07 Å². The van der Waals surface area contributed by atoms with Crippen LogP contribution in [-0.2, 0) is 4.79 Å². The fraction of sp³-hybridized carbons (Fsp3) is 0.222. The Morgan fingerprint density at radius 1 is 1.62 bits per heavy atom. The van der Waals surface area contributed by atoms with Gasteiger partial charge >= 0.3 is 0 Å². The Morgan fingerprint density at radius 2 is 2.23 bits per heavy atom. The number of halogens is 2. The van der Waals surface area contributed by atoms with Crippen molar-refractivity contribution in [2.75, 3.05) is 0 Å². The number of aromatic hydroxyl groups is 1. The zero-order valence-corrected chi connectivity index (χ0v) is 10.7. The molecule has 0 amide bonds. The first-order valence-corrected chi connectivity index (χ1v) is 5.64. The maximum Gasteiger partial charge on any atom is 0.147 e. The molecule has 1 rings (SSSR count). The maximum absolute atomic E-state index is 11.0. The van der Waals surface area contributed by atoms with Gasteiger partial charge in [0, 0.05) is 9.13 Å². The van der Waals surface area contributed by atoms with Gasteiger partial charge in [0.15, 0.2) is 0 Å². The lowest BCUT2D eigenvalue weighted by atomic mass is 10.1. The first kappa shape index (κ1) is 11.0. The van der Waals surface area contributed by atoms with Crippen LogP contribution < -0.4 is 0 Å². The van der Waals surface area contributed by atoms with E-state index in [1.54, 1.807) is 12.1 Å². The molecule has 13 heavy (non-hydrogen) atoms. The van der Waals surface area contributed by atoms with E-state index in [0.29, 0.717) is 5.56 Å². The van der Waals surface area contributed by atoms with Crippen LogP contribution in [-0.4, -0.2) is 10.9 Å². The third kappa shape index (κ3) is 2.67. The predicted octanol–water partition coefficient (Wildman–Crippen LogP) is 3.02. The molecule has 1 atom stereocenters. The summed E-state index contributed by atoms with van der Waals surface area (Å²) in [6.07, 6.45) is 0. The first-order chi connectivity index (χ1) is 6.02. The van der Waals surface area contributed by atoms with Gasteiger partial charge < -0.3 is 5.11 Å². The van der Waals surface area contributed by atoms with Crippen LogP contribution in [0.2, 0.25) is 0 Å². The van der Waals surface area contributed by atoms with Crippen LogP contribution in [0.3, 0.4) is 0 Å². The summed E-state index contributed by atoms with van der Waals surface area (Å²) in [7, 11) is 0. The standard InChI is InChI=1S/C9H8BrIO2/c1-5(12)9(10)7-3-2-6(11)4-8(7)13/h2-4,9,13H,1H3. The minimum absolute atomic E-state index is 0.0171. The van der Waals surface area contributed by atoms with Gasteiger partial charge in [-0.15, -0.1) is 0 Å². The number of benzene rings is 1.